The molecule has 1 aliphatic heterocycles. The van der Waals surface area contributed by atoms with Crippen molar-refractivity contribution in [2.75, 3.05) is 31.6 Å². The van der Waals surface area contributed by atoms with Crippen molar-refractivity contribution in [3.63, 3.8) is 0 Å². The Balaban J connectivity index is 1.85. The fourth-order valence-corrected chi connectivity index (χ4v) is 5.85. The third-order valence-electron chi connectivity index (χ3n) is 7.38. The Hall–Kier alpha value is -4.05. The maximum atomic E-state index is 15.0. The van der Waals surface area contributed by atoms with Gasteiger partial charge in [-0.15, -0.1) is 0 Å². The van der Waals surface area contributed by atoms with Crippen LogP contribution in [0.5, 0.6) is 0 Å². The molecular weight excluding hydrogens is 535 g/mol. The highest BCUT2D eigenvalue weighted by Gasteiger charge is 2.48. The summed E-state index contributed by atoms with van der Waals surface area (Å²) in [5.41, 5.74) is -0.759. The number of fused-ring (bicyclic) bond motifs is 1. The lowest BCUT2D eigenvalue weighted by molar-refractivity contribution is -0.385. The number of nitriles is 1. The van der Waals surface area contributed by atoms with E-state index in [0.717, 1.165) is 4.90 Å². The summed E-state index contributed by atoms with van der Waals surface area (Å²) in [5, 5.41) is 30.8. The Morgan fingerprint density at radius 2 is 2.13 bits per heavy atom. The second kappa shape index (κ2) is 11.0. The fraction of sp³-hybridized carbons (Fsp3) is 0.480. The Labute approximate surface area is 228 Å². The van der Waals surface area contributed by atoms with Crippen LogP contribution in [0.1, 0.15) is 41.6 Å². The van der Waals surface area contributed by atoms with Crippen molar-refractivity contribution in [3.05, 3.63) is 55.7 Å². The zero-order valence-electron chi connectivity index (χ0n) is 21.3. The maximum absolute atomic E-state index is 15.0. The zero-order chi connectivity index (χ0) is 28.5. The predicted molar refractivity (Wildman–Crippen MR) is 136 cm³/mol. The van der Waals surface area contributed by atoms with Crippen molar-refractivity contribution in [1.82, 2.24) is 14.9 Å². The van der Waals surface area contributed by atoms with Crippen LogP contribution >= 0.6 is 11.6 Å². The molecule has 2 heterocycles. The lowest BCUT2D eigenvalue weighted by atomic mass is 9.66. The molecule has 1 unspecified atom stereocenters. The summed E-state index contributed by atoms with van der Waals surface area (Å²) in [6, 6.07) is 4.26. The van der Waals surface area contributed by atoms with Crippen LogP contribution in [0.2, 0.25) is 5.28 Å². The maximum Gasteiger partial charge on any atom is 0.407 e. The van der Waals surface area contributed by atoms with Gasteiger partial charge in [-0.2, -0.15) is 10.2 Å². The fourth-order valence-electron chi connectivity index (χ4n) is 5.67. The first-order valence-corrected chi connectivity index (χ1v) is 12.6. The smallest absolute Gasteiger partial charge is 0.407 e. The molecule has 2 aromatic rings. The summed E-state index contributed by atoms with van der Waals surface area (Å²) in [6.45, 7) is 1.68. The number of carbonyl (C=O) groups is 2. The average Bonchev–Trinajstić information content (AvgIpc) is 2.88. The van der Waals surface area contributed by atoms with Gasteiger partial charge in [0.2, 0.25) is 11.1 Å². The molecule has 14 heteroatoms. The number of hydrogen-bond donors (Lipinski definition) is 1. The van der Waals surface area contributed by atoms with Crippen molar-refractivity contribution < 1.29 is 28.7 Å². The third kappa shape index (κ3) is 5.16. The molecule has 1 aliphatic carbocycles. The highest BCUT2D eigenvalue weighted by Crippen LogP contribution is 2.44. The van der Waals surface area contributed by atoms with Crippen LogP contribution in [0, 0.1) is 34.2 Å². The number of halogens is 2. The zero-order valence-corrected chi connectivity index (χ0v) is 22.1. The molecular formula is C25H26ClFN6O6. The van der Waals surface area contributed by atoms with Gasteiger partial charge in [-0.3, -0.25) is 14.9 Å². The number of ether oxygens (including phenoxy) is 1. The number of methoxy groups -OCH3 is 1. The molecule has 0 saturated carbocycles. The quantitative estimate of drug-likeness (QED) is 0.239. The molecule has 1 fully saturated rings. The van der Waals surface area contributed by atoms with Crippen LogP contribution in [0.4, 0.5) is 20.7 Å². The standard InChI is InChI=1S/C25H26ClFN6O6/c1-14-10-17-16(18(27)11-14)4-3-6-25(17,22(34)39-2)12-19-20(33(37)38)21(30-23(26)29-19)31-8-9-32(24(35)36)15(13-31)5-7-28/h10-11,15H,3-6,8-9,12-13H2,1-2H3,(H,35,36)/t15-,25?/m0/s1. The van der Waals surface area contributed by atoms with Gasteiger partial charge in [-0.05, 0) is 60.5 Å². The van der Waals surface area contributed by atoms with Gasteiger partial charge < -0.3 is 19.6 Å². The van der Waals surface area contributed by atoms with Crippen molar-refractivity contribution >= 4 is 35.2 Å². The Bertz CT molecular complexity index is 1380. The number of anilines is 1. The molecule has 39 heavy (non-hydrogen) atoms. The van der Waals surface area contributed by atoms with Crippen molar-refractivity contribution in [1.29, 1.82) is 5.26 Å². The highest BCUT2D eigenvalue weighted by molar-refractivity contribution is 6.28. The van der Waals surface area contributed by atoms with Crippen LogP contribution in [0.25, 0.3) is 0 Å². The predicted octanol–water partition coefficient (Wildman–Crippen LogP) is 3.56. The second-order valence-electron chi connectivity index (χ2n) is 9.68. The number of benzene rings is 1. The van der Waals surface area contributed by atoms with Crippen LogP contribution < -0.4 is 4.90 Å². The van der Waals surface area contributed by atoms with E-state index in [-0.39, 0.29) is 55.7 Å². The summed E-state index contributed by atoms with van der Waals surface area (Å²) < 4.78 is 20.1. The van der Waals surface area contributed by atoms with Crippen molar-refractivity contribution in [2.24, 2.45) is 0 Å². The second-order valence-corrected chi connectivity index (χ2v) is 10.0. The van der Waals surface area contributed by atoms with Gasteiger partial charge in [-0.1, -0.05) is 6.07 Å². The Morgan fingerprint density at radius 1 is 1.38 bits per heavy atom. The number of piperazine rings is 1. The van der Waals surface area contributed by atoms with E-state index in [2.05, 4.69) is 9.97 Å². The number of nitrogens with zero attached hydrogens (tertiary/aromatic N) is 6. The number of esters is 1. The minimum atomic E-state index is -1.46. The summed E-state index contributed by atoms with van der Waals surface area (Å²) in [5.74, 6) is -1.29. The highest BCUT2D eigenvalue weighted by atomic mass is 35.5. The molecule has 1 amide bonds. The molecule has 2 aliphatic rings. The normalized spacial score (nSPS) is 20.6. The summed E-state index contributed by atoms with van der Waals surface area (Å²) in [7, 11) is 1.20. The molecule has 0 spiro atoms. The average molecular weight is 561 g/mol. The molecule has 0 radical (unpaired) electrons. The minimum absolute atomic E-state index is 0.0200. The van der Waals surface area contributed by atoms with Gasteiger partial charge in [0.05, 0.1) is 36.0 Å². The number of carbonyl (C=O) groups excluding carboxylic acids is 1. The summed E-state index contributed by atoms with van der Waals surface area (Å²) in [4.78, 5) is 47.6. The largest absolute Gasteiger partial charge is 0.468 e. The molecule has 206 valence electrons. The van der Waals surface area contributed by atoms with Gasteiger partial charge in [0.15, 0.2) is 0 Å². The number of hydrogen-bond acceptors (Lipinski definition) is 9. The van der Waals surface area contributed by atoms with Gasteiger partial charge in [0, 0.05) is 26.1 Å². The van der Waals surface area contributed by atoms with Crippen molar-refractivity contribution in [3.8, 4) is 6.07 Å². The first kappa shape index (κ1) is 28.0. The van der Waals surface area contributed by atoms with E-state index in [1.807, 2.05) is 6.07 Å². The SMILES string of the molecule is COC(=O)C1(Cc2nc(Cl)nc(N3CCN(C(=O)O)[C@@H](CC#N)C3)c2[N+](=O)[O-])CCCc2c(F)cc(C)cc21. The van der Waals surface area contributed by atoms with Gasteiger partial charge >= 0.3 is 17.7 Å². The van der Waals surface area contributed by atoms with E-state index in [9.17, 15) is 34.5 Å². The molecule has 1 aromatic heterocycles. The third-order valence-corrected chi connectivity index (χ3v) is 7.55. The van der Waals surface area contributed by atoms with Crippen molar-refractivity contribution in [2.45, 2.75) is 50.5 Å². The lowest BCUT2D eigenvalue weighted by Crippen LogP contribution is -2.55. The molecule has 1 saturated heterocycles. The monoisotopic (exact) mass is 560 g/mol. The van der Waals surface area contributed by atoms with E-state index in [1.165, 1.54) is 18.1 Å². The van der Waals surface area contributed by atoms with Gasteiger partial charge in [-0.25, -0.2) is 14.2 Å². The summed E-state index contributed by atoms with van der Waals surface area (Å²) in [6.07, 6.45) is -0.552. The first-order valence-electron chi connectivity index (χ1n) is 12.2. The van der Waals surface area contributed by atoms with Gasteiger partial charge in [0.25, 0.3) is 0 Å². The van der Waals surface area contributed by atoms with E-state index in [0.29, 0.717) is 29.5 Å². The van der Waals surface area contributed by atoms with Gasteiger partial charge in [0.1, 0.15) is 11.5 Å². The molecule has 12 nitrogen and oxygen atoms in total. The first-order chi connectivity index (χ1) is 18.5. The molecule has 0 bridgehead atoms. The molecule has 1 aromatic carbocycles. The molecule has 1 N–H and O–H groups in total. The number of rotatable bonds is 6. The molecule has 4 rings (SSSR count). The molecule has 2 atom stereocenters. The number of aromatic nitrogens is 2. The number of amides is 1. The van der Waals surface area contributed by atoms with E-state index < -0.39 is 39.9 Å². The number of aryl methyl sites for hydroxylation is 1. The number of carboxylic acid groups (broad SMARTS) is 1. The van der Waals surface area contributed by atoms with E-state index in [4.69, 9.17) is 16.3 Å². The summed E-state index contributed by atoms with van der Waals surface area (Å²) >= 11 is 6.25. The van der Waals surface area contributed by atoms with E-state index in [1.54, 1.807) is 13.0 Å². The van der Waals surface area contributed by atoms with E-state index >= 15 is 0 Å². The minimum Gasteiger partial charge on any atom is -0.468 e. The van der Waals surface area contributed by atoms with Crippen LogP contribution in [0.3, 0.4) is 0 Å². The topological polar surface area (TPSA) is 163 Å². The van der Waals surface area contributed by atoms with Crippen LogP contribution in [-0.4, -0.2) is 69.7 Å². The Kier molecular flexibility index (Phi) is 7.87. The van der Waals surface area contributed by atoms with Crippen LogP contribution in [-0.2, 0) is 27.8 Å². The lowest BCUT2D eigenvalue weighted by Gasteiger charge is -2.39. The Morgan fingerprint density at radius 3 is 2.77 bits per heavy atom. The number of nitro groups is 1. The van der Waals surface area contributed by atoms with Crippen LogP contribution in [0.15, 0.2) is 12.1 Å².